The number of furan rings is 1. The number of nitrogens with two attached hydrogens (primary N) is 1. The Hall–Kier alpha value is -1.80. The minimum Gasteiger partial charge on any atom is -0.463 e. The predicted molar refractivity (Wildman–Crippen MR) is 89.0 cm³/mol. The van der Waals surface area contributed by atoms with Crippen LogP contribution in [0.4, 0.5) is 5.69 Å². The summed E-state index contributed by atoms with van der Waals surface area (Å²) >= 11 is 17.7. The molecule has 3 N–H and O–H groups in total. The van der Waals surface area contributed by atoms with Crippen LogP contribution in [-0.2, 0) is 6.54 Å². The average molecular weight is 394 g/mol. The fourth-order valence-electron chi connectivity index (χ4n) is 1.92. The average Bonchev–Trinajstić information content (AvgIpc) is 3.03. The molecule has 2 rings (SSSR count). The van der Waals surface area contributed by atoms with Gasteiger partial charge in [-0.1, -0.05) is 40.9 Å². The van der Waals surface area contributed by atoms with Gasteiger partial charge >= 0.3 is 0 Å². The first-order valence-corrected chi connectivity index (χ1v) is 7.88. The van der Waals surface area contributed by atoms with E-state index in [0.717, 1.165) is 6.07 Å². The molecule has 0 saturated carbocycles. The summed E-state index contributed by atoms with van der Waals surface area (Å²) in [6, 6.07) is 8.74. The zero-order chi connectivity index (χ0) is 17.7. The number of hydrogen-bond donors (Lipinski definition) is 2. The lowest BCUT2D eigenvalue weighted by molar-refractivity contribution is -0.708. The molecule has 10 heteroatoms. The molecule has 1 aromatic heterocycles. The maximum atomic E-state index is 12.3. The first-order valence-electron chi connectivity index (χ1n) is 6.75. The molecular formula is C14H13Cl3N3O4+. The third-order valence-corrected chi connectivity index (χ3v) is 3.80. The second-order valence-corrected chi connectivity index (χ2v) is 7.19. The molecule has 128 valence electrons. The van der Waals surface area contributed by atoms with Gasteiger partial charge in [-0.05, 0) is 18.2 Å². The number of halogens is 3. The zero-order valence-electron chi connectivity index (χ0n) is 12.1. The van der Waals surface area contributed by atoms with Gasteiger partial charge in [0, 0.05) is 17.7 Å². The van der Waals surface area contributed by atoms with E-state index in [-0.39, 0.29) is 11.3 Å². The van der Waals surface area contributed by atoms with Crippen molar-refractivity contribution in [2.45, 2.75) is 16.5 Å². The first kappa shape index (κ1) is 18.5. The SMILES string of the molecule is O=C(N[C@H]([NH2+]Cc1ccco1)C(Cl)(Cl)Cl)c1cccc([N+](=O)[O-])c1. The Morgan fingerprint density at radius 2 is 2.08 bits per heavy atom. The lowest BCUT2D eigenvalue weighted by Crippen LogP contribution is -2.95. The molecule has 2 aromatic rings. The third kappa shape index (κ3) is 5.10. The van der Waals surface area contributed by atoms with Crippen molar-refractivity contribution in [3.05, 3.63) is 64.1 Å². The van der Waals surface area contributed by atoms with Gasteiger partial charge in [0.05, 0.1) is 11.2 Å². The number of nitro groups is 1. The van der Waals surface area contributed by atoms with E-state index in [9.17, 15) is 14.9 Å². The minimum atomic E-state index is -1.79. The molecule has 24 heavy (non-hydrogen) atoms. The van der Waals surface area contributed by atoms with Crippen molar-refractivity contribution in [3.8, 4) is 0 Å². The number of hydrogen-bond acceptors (Lipinski definition) is 4. The van der Waals surface area contributed by atoms with Gasteiger partial charge in [-0.15, -0.1) is 0 Å². The number of non-ortho nitro benzene ring substituents is 1. The largest absolute Gasteiger partial charge is 0.463 e. The number of rotatable bonds is 6. The van der Waals surface area contributed by atoms with Crippen LogP contribution in [0.2, 0.25) is 0 Å². The van der Waals surface area contributed by atoms with Gasteiger partial charge in [0.15, 0.2) is 5.76 Å². The van der Waals surface area contributed by atoms with Crippen molar-refractivity contribution in [2.24, 2.45) is 0 Å². The molecule has 0 spiro atoms. The molecule has 0 aliphatic carbocycles. The van der Waals surface area contributed by atoms with E-state index in [1.165, 1.54) is 24.5 Å². The Kier molecular flexibility index (Phi) is 6.06. The van der Waals surface area contributed by atoms with Crippen LogP contribution in [0.3, 0.4) is 0 Å². The van der Waals surface area contributed by atoms with Gasteiger partial charge in [-0.3, -0.25) is 20.2 Å². The number of carbonyl (C=O) groups excluding carboxylic acids is 1. The smallest absolute Gasteiger partial charge is 0.270 e. The number of alkyl halides is 3. The monoisotopic (exact) mass is 392 g/mol. The van der Waals surface area contributed by atoms with Crippen LogP contribution in [0.1, 0.15) is 16.1 Å². The predicted octanol–water partition coefficient (Wildman–Crippen LogP) is 2.38. The van der Waals surface area contributed by atoms with Crippen LogP contribution in [-0.4, -0.2) is 20.8 Å². The van der Waals surface area contributed by atoms with Crippen molar-refractivity contribution in [1.82, 2.24) is 5.32 Å². The maximum absolute atomic E-state index is 12.3. The highest BCUT2D eigenvalue weighted by atomic mass is 35.6. The Balaban J connectivity index is 2.09. The molecule has 0 fully saturated rings. The summed E-state index contributed by atoms with van der Waals surface area (Å²) in [5.74, 6) is 0.0459. The molecule has 0 bridgehead atoms. The fourth-order valence-corrected chi connectivity index (χ4v) is 2.35. The quantitative estimate of drug-likeness (QED) is 0.340. The highest BCUT2D eigenvalue weighted by Gasteiger charge is 2.37. The van der Waals surface area contributed by atoms with Crippen LogP contribution < -0.4 is 10.6 Å². The summed E-state index contributed by atoms with van der Waals surface area (Å²) in [5, 5.41) is 14.9. The van der Waals surface area contributed by atoms with E-state index in [4.69, 9.17) is 39.2 Å². The number of quaternary nitrogens is 1. The first-order chi connectivity index (χ1) is 11.3. The third-order valence-electron chi connectivity index (χ3n) is 3.09. The molecule has 0 aliphatic rings. The van der Waals surface area contributed by atoms with Gasteiger partial charge in [-0.25, -0.2) is 0 Å². The van der Waals surface area contributed by atoms with E-state index in [1.54, 1.807) is 17.4 Å². The summed E-state index contributed by atoms with van der Waals surface area (Å²) < 4.78 is 3.39. The zero-order valence-corrected chi connectivity index (χ0v) is 14.4. The van der Waals surface area contributed by atoms with Crippen molar-refractivity contribution in [1.29, 1.82) is 0 Å². The van der Waals surface area contributed by atoms with Gasteiger partial charge in [0.2, 0.25) is 6.17 Å². The van der Waals surface area contributed by atoms with Crippen molar-refractivity contribution >= 4 is 46.4 Å². The molecule has 0 radical (unpaired) electrons. The maximum Gasteiger partial charge on any atom is 0.270 e. The number of nitrogens with zero attached hydrogens (tertiary/aromatic N) is 1. The Morgan fingerprint density at radius 1 is 1.33 bits per heavy atom. The number of carbonyl (C=O) groups is 1. The number of nitrogens with one attached hydrogen (secondary N) is 1. The Bertz CT molecular complexity index is 716. The van der Waals surface area contributed by atoms with Crippen LogP contribution in [0.15, 0.2) is 47.1 Å². The summed E-state index contributed by atoms with van der Waals surface area (Å²) in [7, 11) is 0. The van der Waals surface area contributed by atoms with Crippen LogP contribution in [0, 0.1) is 10.1 Å². The van der Waals surface area contributed by atoms with Gasteiger partial charge < -0.3 is 9.73 Å². The van der Waals surface area contributed by atoms with E-state index in [0.29, 0.717) is 12.3 Å². The lowest BCUT2D eigenvalue weighted by atomic mass is 10.2. The Labute approximate surface area is 152 Å². The highest BCUT2D eigenvalue weighted by Crippen LogP contribution is 2.27. The number of nitro benzene ring substituents is 1. The molecule has 1 atom stereocenters. The molecule has 1 heterocycles. The number of benzene rings is 1. The minimum absolute atomic E-state index is 0.0925. The van der Waals surface area contributed by atoms with Crippen LogP contribution in [0.5, 0.6) is 0 Å². The van der Waals surface area contributed by atoms with E-state index >= 15 is 0 Å². The van der Waals surface area contributed by atoms with Crippen molar-refractivity contribution in [2.75, 3.05) is 0 Å². The lowest BCUT2D eigenvalue weighted by Gasteiger charge is -2.23. The second kappa shape index (κ2) is 7.85. The van der Waals surface area contributed by atoms with Gasteiger partial charge in [-0.2, -0.15) is 0 Å². The van der Waals surface area contributed by atoms with Gasteiger partial charge in [0.1, 0.15) is 6.54 Å². The summed E-state index contributed by atoms with van der Waals surface area (Å²) in [5.41, 5.74) is -0.109. The number of amides is 1. The summed E-state index contributed by atoms with van der Waals surface area (Å²) in [4.78, 5) is 22.5. The molecule has 0 aliphatic heterocycles. The van der Waals surface area contributed by atoms with Gasteiger partial charge in [0.25, 0.3) is 15.4 Å². The summed E-state index contributed by atoms with van der Waals surface area (Å²) in [6.45, 7) is 0.334. The molecule has 0 unspecified atom stereocenters. The molecule has 7 nitrogen and oxygen atoms in total. The van der Waals surface area contributed by atoms with Crippen molar-refractivity contribution < 1.29 is 19.5 Å². The second-order valence-electron chi connectivity index (χ2n) is 4.82. The molecule has 0 saturated heterocycles. The molecule has 1 aromatic carbocycles. The topological polar surface area (TPSA) is 102 Å². The Morgan fingerprint density at radius 3 is 2.67 bits per heavy atom. The normalized spacial score (nSPS) is 12.6. The fraction of sp³-hybridized carbons (Fsp3) is 0.214. The molecular weight excluding hydrogens is 381 g/mol. The molecule has 1 amide bonds. The van der Waals surface area contributed by atoms with Crippen LogP contribution in [0.25, 0.3) is 0 Å². The van der Waals surface area contributed by atoms with Crippen molar-refractivity contribution in [3.63, 3.8) is 0 Å². The van der Waals surface area contributed by atoms with E-state index in [2.05, 4.69) is 5.32 Å². The highest BCUT2D eigenvalue weighted by molar-refractivity contribution is 6.68. The standard InChI is InChI=1S/C14H12Cl3N3O4/c15-14(16,17)13(18-8-11-5-2-6-24-11)19-12(21)9-3-1-4-10(7-9)20(22)23/h1-7,13,18H,8H2,(H,19,21)/p+1/t13-/m0/s1. The van der Waals surface area contributed by atoms with E-state index in [1.807, 2.05) is 0 Å². The van der Waals surface area contributed by atoms with Crippen LogP contribution >= 0.6 is 34.8 Å². The van der Waals surface area contributed by atoms with E-state index < -0.39 is 20.8 Å². The summed E-state index contributed by atoms with van der Waals surface area (Å²) in [6.07, 6.45) is 0.592.